The molecule has 0 unspecified atom stereocenters. The molecule has 0 aliphatic carbocycles. The number of esters is 1. The van der Waals surface area contributed by atoms with Gasteiger partial charge in [0.1, 0.15) is 11.6 Å². The largest absolute Gasteiger partial charge is 0.508 e. The molecule has 2 aromatic rings. The summed E-state index contributed by atoms with van der Waals surface area (Å²) < 4.78 is 18.3. The summed E-state index contributed by atoms with van der Waals surface area (Å²) in [6.07, 6.45) is 0. The van der Waals surface area contributed by atoms with Gasteiger partial charge in [-0.25, -0.2) is 14.0 Å². The van der Waals surface area contributed by atoms with Gasteiger partial charge in [-0.2, -0.15) is 0 Å². The topological polar surface area (TPSA) is 87.7 Å². The third-order valence-corrected chi connectivity index (χ3v) is 2.76. The highest BCUT2D eigenvalue weighted by Gasteiger charge is 2.11. The van der Waals surface area contributed by atoms with Crippen LogP contribution in [0.5, 0.6) is 5.75 Å². The average molecular weight is 304 g/mol. The lowest BCUT2D eigenvalue weighted by molar-refractivity contribution is 0.0600. The van der Waals surface area contributed by atoms with Crippen LogP contribution < -0.4 is 10.6 Å². The number of benzene rings is 2. The van der Waals surface area contributed by atoms with Crippen LogP contribution in [-0.4, -0.2) is 24.2 Å². The number of phenols is 1. The highest BCUT2D eigenvalue weighted by Crippen LogP contribution is 2.18. The van der Waals surface area contributed by atoms with Crippen LogP contribution in [-0.2, 0) is 4.74 Å². The molecule has 0 aliphatic rings. The number of carbonyl (C=O) groups is 2. The Labute approximate surface area is 125 Å². The molecule has 0 radical (unpaired) electrons. The SMILES string of the molecule is COC(=O)c1ccc(NC(=O)Nc2ccc(O)cc2)c(F)c1. The summed E-state index contributed by atoms with van der Waals surface area (Å²) in [5.74, 6) is -1.36. The number of aromatic hydroxyl groups is 1. The average Bonchev–Trinajstić information content (AvgIpc) is 2.50. The van der Waals surface area contributed by atoms with E-state index in [1.165, 1.54) is 43.5 Å². The number of methoxy groups -OCH3 is 1. The van der Waals surface area contributed by atoms with Gasteiger partial charge in [-0.15, -0.1) is 0 Å². The summed E-state index contributed by atoms with van der Waals surface area (Å²) in [6.45, 7) is 0. The van der Waals surface area contributed by atoms with Crippen molar-refractivity contribution in [1.82, 2.24) is 0 Å². The molecule has 0 heterocycles. The molecule has 7 heteroatoms. The smallest absolute Gasteiger partial charge is 0.337 e. The normalized spacial score (nSPS) is 9.91. The van der Waals surface area contributed by atoms with Gasteiger partial charge in [-0.1, -0.05) is 0 Å². The summed E-state index contributed by atoms with van der Waals surface area (Å²) in [5, 5.41) is 13.9. The number of nitrogens with one attached hydrogen (secondary N) is 2. The van der Waals surface area contributed by atoms with Crippen molar-refractivity contribution in [3.63, 3.8) is 0 Å². The van der Waals surface area contributed by atoms with Crippen LogP contribution in [0, 0.1) is 5.82 Å². The van der Waals surface area contributed by atoms with Crippen molar-refractivity contribution >= 4 is 23.4 Å². The van der Waals surface area contributed by atoms with E-state index in [2.05, 4.69) is 15.4 Å². The second-order valence-corrected chi connectivity index (χ2v) is 4.31. The van der Waals surface area contributed by atoms with E-state index < -0.39 is 17.8 Å². The van der Waals surface area contributed by atoms with Crippen LogP contribution in [0.4, 0.5) is 20.6 Å². The number of rotatable bonds is 3. The molecule has 2 amide bonds. The summed E-state index contributed by atoms with van der Waals surface area (Å²) >= 11 is 0. The van der Waals surface area contributed by atoms with Crippen LogP contribution in [0.25, 0.3) is 0 Å². The van der Waals surface area contributed by atoms with Crippen molar-refractivity contribution in [1.29, 1.82) is 0 Å². The number of hydrogen-bond acceptors (Lipinski definition) is 4. The molecule has 0 atom stereocenters. The van der Waals surface area contributed by atoms with Gasteiger partial charge < -0.3 is 20.5 Å². The van der Waals surface area contributed by atoms with E-state index >= 15 is 0 Å². The highest BCUT2D eigenvalue weighted by atomic mass is 19.1. The number of halogens is 1. The molecule has 6 nitrogen and oxygen atoms in total. The van der Waals surface area contributed by atoms with E-state index in [0.717, 1.165) is 6.07 Å². The van der Waals surface area contributed by atoms with E-state index in [0.29, 0.717) is 5.69 Å². The first-order chi connectivity index (χ1) is 10.5. The molecule has 3 N–H and O–H groups in total. The standard InChI is InChI=1S/C15H13FN2O4/c1-22-14(20)9-2-7-13(12(16)8-9)18-15(21)17-10-3-5-11(19)6-4-10/h2-8,19H,1H3,(H2,17,18,21). The number of carbonyl (C=O) groups excluding carboxylic acids is 2. The van der Waals surface area contributed by atoms with Crippen LogP contribution in [0.2, 0.25) is 0 Å². The fourth-order valence-corrected chi connectivity index (χ4v) is 1.69. The van der Waals surface area contributed by atoms with Crippen LogP contribution >= 0.6 is 0 Å². The summed E-state index contributed by atoms with van der Waals surface area (Å²) in [4.78, 5) is 23.0. The number of anilines is 2. The van der Waals surface area contributed by atoms with Gasteiger partial charge in [0, 0.05) is 5.69 Å². The lowest BCUT2D eigenvalue weighted by Crippen LogP contribution is -2.20. The minimum absolute atomic E-state index is 0.0458. The number of amides is 2. The van der Waals surface area contributed by atoms with E-state index in [1.54, 1.807) is 0 Å². The Kier molecular flexibility index (Phi) is 4.57. The van der Waals surface area contributed by atoms with E-state index in [-0.39, 0.29) is 17.0 Å². The molecule has 22 heavy (non-hydrogen) atoms. The number of hydrogen-bond donors (Lipinski definition) is 3. The molecule has 0 fully saturated rings. The van der Waals surface area contributed by atoms with Crippen molar-refractivity contribution in [2.24, 2.45) is 0 Å². The van der Waals surface area contributed by atoms with E-state index in [9.17, 15) is 14.0 Å². The fourth-order valence-electron chi connectivity index (χ4n) is 1.69. The molecule has 0 saturated carbocycles. The zero-order valence-corrected chi connectivity index (χ0v) is 11.6. The first-order valence-corrected chi connectivity index (χ1v) is 6.24. The van der Waals surface area contributed by atoms with Crippen molar-refractivity contribution in [2.75, 3.05) is 17.7 Å². The van der Waals surface area contributed by atoms with Gasteiger partial charge >= 0.3 is 12.0 Å². The molecule has 0 bridgehead atoms. The third kappa shape index (κ3) is 3.72. The second-order valence-electron chi connectivity index (χ2n) is 4.31. The predicted molar refractivity (Wildman–Crippen MR) is 78.5 cm³/mol. The molecule has 0 aliphatic heterocycles. The van der Waals surface area contributed by atoms with Gasteiger partial charge in [-0.3, -0.25) is 0 Å². The van der Waals surface area contributed by atoms with E-state index in [1.807, 2.05) is 0 Å². The molecule has 0 saturated heterocycles. The van der Waals surface area contributed by atoms with Crippen LogP contribution in [0.15, 0.2) is 42.5 Å². The fraction of sp³-hybridized carbons (Fsp3) is 0.0667. The molecule has 2 rings (SSSR count). The minimum Gasteiger partial charge on any atom is -0.508 e. The van der Waals surface area contributed by atoms with Gasteiger partial charge in [0.2, 0.25) is 0 Å². The molecule has 0 spiro atoms. The summed E-state index contributed by atoms with van der Waals surface area (Å²) in [6, 6.07) is 8.71. The Balaban J connectivity index is 2.05. The van der Waals surface area contributed by atoms with Crippen molar-refractivity contribution in [2.45, 2.75) is 0 Å². The summed E-state index contributed by atoms with van der Waals surface area (Å²) in [7, 11) is 1.19. The number of ether oxygens (including phenoxy) is 1. The van der Waals surface area contributed by atoms with Crippen LogP contribution in [0.3, 0.4) is 0 Å². The zero-order valence-electron chi connectivity index (χ0n) is 11.6. The molecular formula is C15H13FN2O4. The van der Waals surface area contributed by atoms with Gasteiger partial charge in [-0.05, 0) is 42.5 Å². The molecule has 0 aromatic heterocycles. The molecular weight excluding hydrogens is 291 g/mol. The summed E-state index contributed by atoms with van der Waals surface area (Å²) in [5.41, 5.74) is 0.398. The number of urea groups is 1. The maximum atomic E-state index is 13.8. The second kappa shape index (κ2) is 6.57. The predicted octanol–water partition coefficient (Wildman–Crippen LogP) is 2.96. The van der Waals surface area contributed by atoms with Gasteiger partial charge in [0.05, 0.1) is 18.4 Å². The lowest BCUT2D eigenvalue weighted by Gasteiger charge is -2.09. The Bertz CT molecular complexity index is 701. The maximum Gasteiger partial charge on any atom is 0.337 e. The quantitative estimate of drug-likeness (QED) is 0.601. The third-order valence-electron chi connectivity index (χ3n) is 2.76. The van der Waals surface area contributed by atoms with Gasteiger partial charge in [0.15, 0.2) is 0 Å². The Hall–Kier alpha value is -3.09. The zero-order chi connectivity index (χ0) is 16.1. The maximum absolute atomic E-state index is 13.8. The van der Waals surface area contributed by atoms with Crippen molar-refractivity contribution in [3.8, 4) is 5.75 Å². The lowest BCUT2D eigenvalue weighted by atomic mass is 10.2. The molecule has 114 valence electrons. The van der Waals surface area contributed by atoms with Gasteiger partial charge in [0.25, 0.3) is 0 Å². The van der Waals surface area contributed by atoms with E-state index in [4.69, 9.17) is 5.11 Å². The Morgan fingerprint density at radius 3 is 2.36 bits per heavy atom. The first-order valence-electron chi connectivity index (χ1n) is 6.24. The Morgan fingerprint density at radius 1 is 1.09 bits per heavy atom. The first kappa shape index (κ1) is 15.3. The highest BCUT2D eigenvalue weighted by molar-refractivity contribution is 6.00. The number of phenolic OH excluding ortho intramolecular Hbond substituents is 1. The molecule has 2 aromatic carbocycles. The Morgan fingerprint density at radius 2 is 1.77 bits per heavy atom. The monoisotopic (exact) mass is 304 g/mol. The minimum atomic E-state index is -0.760. The van der Waals surface area contributed by atoms with Crippen LogP contribution in [0.1, 0.15) is 10.4 Å². The van der Waals surface area contributed by atoms with Crippen molar-refractivity contribution < 1.29 is 23.8 Å². The van der Waals surface area contributed by atoms with Crippen molar-refractivity contribution in [3.05, 3.63) is 53.8 Å².